The fourth-order valence-corrected chi connectivity index (χ4v) is 6.89. The zero-order valence-electron chi connectivity index (χ0n) is 25.6. The molecule has 1 atom stereocenters. The molecule has 44 heavy (non-hydrogen) atoms. The first-order chi connectivity index (χ1) is 20.7. The van der Waals surface area contributed by atoms with E-state index in [1.54, 1.807) is 12.1 Å². The van der Waals surface area contributed by atoms with Gasteiger partial charge in [-0.05, 0) is 67.5 Å². The molecule has 2 amide bonds. The summed E-state index contributed by atoms with van der Waals surface area (Å²) in [5.74, 6) is -0.439. The number of nitrogens with zero attached hydrogens (tertiary/aromatic N) is 2. The van der Waals surface area contributed by atoms with Gasteiger partial charge in [0.1, 0.15) is 23.9 Å². The lowest BCUT2D eigenvalue weighted by Crippen LogP contribution is -2.73. The topological polar surface area (TPSA) is 119 Å². The van der Waals surface area contributed by atoms with E-state index >= 15 is 0 Å². The number of aliphatic hydroxyl groups is 1. The van der Waals surface area contributed by atoms with Gasteiger partial charge in [0, 0.05) is 32.6 Å². The molecule has 0 bridgehead atoms. The third-order valence-corrected chi connectivity index (χ3v) is 9.53. The minimum atomic E-state index is -0.964. The second kappa shape index (κ2) is 14.8. The molecule has 2 aliphatic heterocycles. The molecule has 3 fully saturated rings. The molecule has 2 aromatic rings. The molecule has 2 heterocycles. The number of benzene rings is 2. The first-order valence-electron chi connectivity index (χ1n) is 15.8. The van der Waals surface area contributed by atoms with Crippen molar-refractivity contribution >= 4 is 30.2 Å². The monoisotopic (exact) mass is 627 g/mol. The maximum atomic E-state index is 13.8. The second-order valence-corrected chi connectivity index (χ2v) is 12.6. The highest BCUT2D eigenvalue weighted by Crippen LogP contribution is 2.37. The number of carbonyl (C=O) groups excluding carboxylic acids is 2. The smallest absolute Gasteiger partial charge is 0.335 e. The average Bonchev–Trinajstić information content (AvgIpc) is 3.01. The highest BCUT2D eigenvalue weighted by molar-refractivity contribution is 6.00. The Morgan fingerprint density at radius 3 is 2.20 bits per heavy atom. The molecule has 9 nitrogen and oxygen atoms in total. The number of hydrogen-bond donors (Lipinski definition) is 3. The summed E-state index contributed by atoms with van der Waals surface area (Å²) in [6, 6.07) is 14.0. The predicted octanol–water partition coefficient (Wildman–Crippen LogP) is 4.93. The van der Waals surface area contributed by atoms with Crippen LogP contribution in [0, 0.1) is 0 Å². The Bertz CT molecular complexity index is 1270. The Kier molecular flexibility index (Phi) is 11.3. The van der Waals surface area contributed by atoms with Crippen LogP contribution in [0.2, 0.25) is 0 Å². The number of carboxylic acid groups (broad SMARTS) is 1. The van der Waals surface area contributed by atoms with Crippen LogP contribution in [0.3, 0.4) is 0 Å². The zero-order valence-corrected chi connectivity index (χ0v) is 26.4. The van der Waals surface area contributed by atoms with Gasteiger partial charge >= 0.3 is 5.97 Å². The zero-order chi connectivity index (χ0) is 30.5. The van der Waals surface area contributed by atoms with Crippen molar-refractivity contribution in [2.75, 3.05) is 19.6 Å². The van der Waals surface area contributed by atoms with Crippen LogP contribution in [0.1, 0.15) is 92.6 Å². The highest BCUT2D eigenvalue weighted by atomic mass is 35.5. The van der Waals surface area contributed by atoms with E-state index in [-0.39, 0.29) is 29.8 Å². The molecule has 240 valence electrons. The molecular weight excluding hydrogens is 582 g/mol. The van der Waals surface area contributed by atoms with Gasteiger partial charge in [-0.3, -0.25) is 14.5 Å². The quantitative estimate of drug-likeness (QED) is 0.323. The third-order valence-electron chi connectivity index (χ3n) is 9.53. The Balaban J connectivity index is 0.00000442. The molecule has 10 heteroatoms. The molecule has 1 saturated carbocycles. The van der Waals surface area contributed by atoms with Crippen molar-refractivity contribution < 1.29 is 29.3 Å². The van der Waals surface area contributed by atoms with E-state index in [1.165, 1.54) is 17.7 Å². The number of ether oxygens (including phenoxy) is 1. The summed E-state index contributed by atoms with van der Waals surface area (Å²) in [4.78, 5) is 42.8. The Morgan fingerprint density at radius 2 is 1.59 bits per heavy atom. The van der Waals surface area contributed by atoms with Crippen LogP contribution in [-0.2, 0) is 22.7 Å². The first kappa shape index (κ1) is 33.7. The van der Waals surface area contributed by atoms with E-state index < -0.39 is 23.2 Å². The molecule has 0 radical (unpaired) electrons. The number of amides is 2. The van der Waals surface area contributed by atoms with Crippen LogP contribution in [-0.4, -0.2) is 74.6 Å². The molecule has 0 unspecified atom stereocenters. The number of hydrogen-bond acceptors (Lipinski definition) is 6. The minimum Gasteiger partial charge on any atom is -0.489 e. The summed E-state index contributed by atoms with van der Waals surface area (Å²) in [5.41, 5.74) is 0.713. The lowest BCUT2D eigenvalue weighted by atomic mass is 9.77. The number of unbranched alkanes of at least 4 members (excludes halogenated alkanes) is 1. The fourth-order valence-electron chi connectivity index (χ4n) is 6.89. The minimum absolute atomic E-state index is 0. The van der Waals surface area contributed by atoms with E-state index in [1.807, 2.05) is 17.0 Å². The van der Waals surface area contributed by atoms with Crippen molar-refractivity contribution in [2.24, 2.45) is 0 Å². The van der Waals surface area contributed by atoms with Crippen molar-refractivity contribution in [1.29, 1.82) is 0 Å². The summed E-state index contributed by atoms with van der Waals surface area (Å²) >= 11 is 0. The number of piperidine rings is 1. The van der Waals surface area contributed by atoms with E-state index in [4.69, 9.17) is 9.84 Å². The van der Waals surface area contributed by atoms with Crippen LogP contribution in [0.25, 0.3) is 0 Å². The van der Waals surface area contributed by atoms with Crippen molar-refractivity contribution in [3.8, 4) is 5.75 Å². The van der Waals surface area contributed by atoms with Gasteiger partial charge in [-0.2, -0.15) is 0 Å². The number of piperazine rings is 1. The van der Waals surface area contributed by atoms with Crippen molar-refractivity contribution in [3.63, 3.8) is 0 Å². The van der Waals surface area contributed by atoms with Gasteiger partial charge in [0.15, 0.2) is 0 Å². The Morgan fingerprint density at radius 1 is 0.955 bits per heavy atom. The van der Waals surface area contributed by atoms with Crippen LogP contribution >= 0.6 is 12.4 Å². The first-order valence-corrected chi connectivity index (χ1v) is 15.8. The summed E-state index contributed by atoms with van der Waals surface area (Å²) < 4.78 is 5.81. The number of carboxylic acids is 1. The number of halogens is 1. The van der Waals surface area contributed by atoms with Crippen molar-refractivity contribution in [1.82, 2.24) is 15.1 Å². The molecular formula is C34H46ClN3O6. The summed E-state index contributed by atoms with van der Waals surface area (Å²) in [7, 11) is 0. The number of rotatable bonds is 11. The fraction of sp³-hybridized carbons (Fsp3) is 0.559. The van der Waals surface area contributed by atoms with Gasteiger partial charge in [-0.15, -0.1) is 12.4 Å². The molecule has 3 N–H and O–H groups in total. The highest BCUT2D eigenvalue weighted by Gasteiger charge is 2.54. The van der Waals surface area contributed by atoms with Gasteiger partial charge in [-0.25, -0.2) is 4.79 Å². The summed E-state index contributed by atoms with van der Waals surface area (Å²) in [5, 5.41) is 23.2. The maximum absolute atomic E-state index is 13.8. The normalized spacial score (nSPS) is 21.4. The summed E-state index contributed by atoms with van der Waals surface area (Å²) in [6.45, 7) is 5.25. The van der Waals surface area contributed by atoms with Gasteiger partial charge in [0.05, 0.1) is 11.2 Å². The van der Waals surface area contributed by atoms with E-state index in [0.717, 1.165) is 57.3 Å². The van der Waals surface area contributed by atoms with Gasteiger partial charge in [0.25, 0.3) is 0 Å². The number of aromatic carboxylic acids is 1. The van der Waals surface area contributed by atoms with Gasteiger partial charge < -0.3 is 25.2 Å². The van der Waals surface area contributed by atoms with Gasteiger partial charge in [0.2, 0.25) is 11.8 Å². The number of likely N-dealkylation sites (tertiary alicyclic amines) is 1. The van der Waals surface area contributed by atoms with Crippen LogP contribution in [0.15, 0.2) is 48.5 Å². The molecule has 2 aromatic carbocycles. The molecule has 1 spiro atoms. The Hall–Kier alpha value is -3.14. The van der Waals surface area contributed by atoms with Gasteiger partial charge in [-0.1, -0.05) is 56.9 Å². The largest absolute Gasteiger partial charge is 0.489 e. The number of carbonyl (C=O) groups is 3. The van der Waals surface area contributed by atoms with E-state index in [9.17, 15) is 19.5 Å². The predicted molar refractivity (Wildman–Crippen MR) is 170 cm³/mol. The van der Waals surface area contributed by atoms with Crippen LogP contribution in [0.5, 0.6) is 5.75 Å². The van der Waals surface area contributed by atoms with E-state index in [0.29, 0.717) is 51.0 Å². The molecule has 0 aromatic heterocycles. The molecule has 2 saturated heterocycles. The maximum Gasteiger partial charge on any atom is 0.335 e. The molecule has 1 aliphatic carbocycles. The standard InChI is InChI=1S/C34H45N3O6.ClH/c1-2-3-19-37-30(38)29(22-33(42)15-5-4-6-16-33)35-32(41)34(37)17-20-36(21-18-34)23-25-7-9-26(10-8-25)24-43-28-13-11-27(12-14-28)31(39)40;/h7-14,29,42H,2-6,15-24H2,1H3,(H,35,41)(H,39,40);1H/t29-;/m1./s1. The van der Waals surface area contributed by atoms with Crippen molar-refractivity contribution in [3.05, 3.63) is 65.2 Å². The third kappa shape index (κ3) is 7.73. The summed E-state index contributed by atoms with van der Waals surface area (Å²) in [6.07, 6.45) is 7.72. The average molecular weight is 628 g/mol. The molecule has 3 aliphatic rings. The van der Waals surface area contributed by atoms with Crippen LogP contribution < -0.4 is 10.1 Å². The lowest BCUT2D eigenvalue weighted by molar-refractivity contribution is -0.163. The SMILES string of the molecule is CCCCN1C(=O)[C@@H](CC2(O)CCCCC2)NC(=O)C12CCN(Cc1ccc(COc3ccc(C(=O)O)cc3)cc1)CC2.Cl. The van der Waals surface area contributed by atoms with Crippen molar-refractivity contribution in [2.45, 2.75) is 101 Å². The second-order valence-electron chi connectivity index (χ2n) is 12.6. The number of nitrogens with one attached hydrogen (secondary N) is 1. The molecule has 5 rings (SSSR count). The lowest BCUT2D eigenvalue weighted by Gasteiger charge is -2.52. The Labute approximate surface area is 266 Å². The van der Waals surface area contributed by atoms with E-state index in [2.05, 4.69) is 29.3 Å². The van der Waals surface area contributed by atoms with Crippen LogP contribution in [0.4, 0.5) is 0 Å².